The molecule has 1 aliphatic rings. The molecule has 0 spiro atoms. The molecule has 0 amide bonds. The Morgan fingerprint density at radius 2 is 1.93 bits per heavy atom. The van der Waals surface area contributed by atoms with Gasteiger partial charge in [0.25, 0.3) is 0 Å². The monoisotopic (exact) mass is 240 g/mol. The highest BCUT2D eigenvalue weighted by molar-refractivity contribution is 7.86. The van der Waals surface area contributed by atoms with Crippen molar-refractivity contribution in [1.82, 2.24) is 0 Å². The van der Waals surface area contributed by atoms with Crippen LogP contribution in [-0.2, 0) is 19.7 Å². The van der Waals surface area contributed by atoms with Crippen LogP contribution < -0.4 is 0 Å². The van der Waals surface area contributed by atoms with Crippen LogP contribution in [0, 0.1) is 5.41 Å². The molecule has 1 rings (SSSR count). The van der Waals surface area contributed by atoms with Crippen molar-refractivity contribution in [3.8, 4) is 0 Å². The summed E-state index contributed by atoms with van der Waals surface area (Å²) >= 11 is 0. The number of ether oxygens (including phenoxy) is 2. The maximum absolute atomic E-state index is 12.4. The molecule has 0 aromatic rings. The van der Waals surface area contributed by atoms with Crippen molar-refractivity contribution >= 4 is 10.2 Å². The molecule has 1 fully saturated rings. The molecule has 0 radical (unpaired) electrons. The lowest BCUT2D eigenvalue weighted by Gasteiger charge is -2.37. The summed E-state index contributed by atoms with van der Waals surface area (Å²) in [6, 6.07) is 0. The third kappa shape index (κ3) is 4.44. The van der Waals surface area contributed by atoms with Gasteiger partial charge in [-0.05, 0) is 5.41 Å². The summed E-state index contributed by atoms with van der Waals surface area (Å²) in [7, 11) is -4.50. The number of hydrogen-bond donors (Lipinski definition) is 0. The van der Waals surface area contributed by atoms with Gasteiger partial charge in [0.05, 0.1) is 25.4 Å². The summed E-state index contributed by atoms with van der Waals surface area (Å²) in [5.41, 5.74) is -0.140. The van der Waals surface area contributed by atoms with Gasteiger partial charge in [0.1, 0.15) is 5.75 Å². The zero-order chi connectivity index (χ0) is 11.7. The number of rotatable bonds is 2. The smallest absolute Gasteiger partial charge is 0.305 e. The largest absolute Gasteiger partial charge is 0.376 e. The summed E-state index contributed by atoms with van der Waals surface area (Å²) < 4.78 is 44.0. The van der Waals surface area contributed by atoms with Crippen LogP contribution in [0.15, 0.2) is 0 Å². The van der Waals surface area contributed by atoms with Crippen LogP contribution in [0.2, 0.25) is 0 Å². The van der Waals surface area contributed by atoms with Gasteiger partial charge in [0, 0.05) is 0 Å². The number of hydrogen-bond acceptors (Lipinski definition) is 4. The second kappa shape index (κ2) is 4.35. The third-order valence-corrected chi connectivity index (χ3v) is 3.05. The average molecular weight is 240 g/mol. The van der Waals surface area contributed by atoms with Crippen LogP contribution >= 0.6 is 0 Å². The van der Waals surface area contributed by atoms with Crippen LogP contribution in [0.3, 0.4) is 0 Å². The Kier molecular flexibility index (Phi) is 3.73. The van der Waals surface area contributed by atoms with E-state index in [2.05, 4.69) is 0 Å². The van der Waals surface area contributed by atoms with E-state index in [-0.39, 0.29) is 18.1 Å². The average Bonchev–Trinajstić information content (AvgIpc) is 1.99. The Labute approximate surface area is 90.0 Å². The van der Waals surface area contributed by atoms with Crippen molar-refractivity contribution in [3.05, 3.63) is 0 Å². The second-order valence-corrected chi connectivity index (χ2v) is 6.27. The topological polar surface area (TPSA) is 52.6 Å². The van der Waals surface area contributed by atoms with Crippen LogP contribution in [-0.4, -0.2) is 39.6 Å². The molecule has 0 aliphatic carbocycles. The minimum Gasteiger partial charge on any atom is -0.376 e. The molecule has 2 unspecified atom stereocenters. The molecule has 1 saturated heterocycles. The van der Waals surface area contributed by atoms with Gasteiger partial charge in [-0.1, -0.05) is 20.8 Å². The summed E-state index contributed by atoms with van der Waals surface area (Å²) in [5, 5.41) is 0. The maximum Gasteiger partial charge on any atom is 0.305 e. The van der Waals surface area contributed by atoms with Gasteiger partial charge >= 0.3 is 10.2 Å². The molecule has 1 heterocycles. The Morgan fingerprint density at radius 3 is 2.40 bits per heavy atom. The van der Waals surface area contributed by atoms with Crippen molar-refractivity contribution in [3.63, 3.8) is 0 Å². The molecule has 0 aromatic heterocycles. The first-order valence-corrected chi connectivity index (χ1v) is 6.39. The molecule has 2 atom stereocenters. The Morgan fingerprint density at radius 1 is 1.33 bits per heavy atom. The molecular weight excluding hydrogens is 223 g/mol. The second-order valence-electron chi connectivity index (χ2n) is 4.86. The van der Waals surface area contributed by atoms with Gasteiger partial charge in [-0.2, -0.15) is 8.42 Å². The predicted octanol–water partition coefficient (Wildman–Crippen LogP) is 1.12. The SMILES string of the molecule is CC(C)(C)C1COCC(CS(=O)(=O)F)O1. The molecule has 15 heavy (non-hydrogen) atoms. The minimum absolute atomic E-state index is 0.135. The van der Waals surface area contributed by atoms with Crippen molar-refractivity contribution in [2.75, 3.05) is 19.0 Å². The van der Waals surface area contributed by atoms with E-state index >= 15 is 0 Å². The highest BCUT2D eigenvalue weighted by Gasteiger charge is 2.34. The Bertz CT molecular complexity index is 307. The van der Waals surface area contributed by atoms with Crippen molar-refractivity contribution in [2.24, 2.45) is 5.41 Å². The van der Waals surface area contributed by atoms with Gasteiger partial charge in [-0.15, -0.1) is 3.89 Å². The molecular formula is C9H17FO4S. The van der Waals surface area contributed by atoms with Crippen molar-refractivity contribution in [2.45, 2.75) is 33.0 Å². The summed E-state index contributed by atoms with van der Waals surface area (Å²) in [5.74, 6) is -0.625. The van der Waals surface area contributed by atoms with E-state index in [1.54, 1.807) is 0 Å². The lowest BCUT2D eigenvalue weighted by molar-refractivity contribution is -0.163. The molecule has 4 nitrogen and oxygen atoms in total. The zero-order valence-electron chi connectivity index (χ0n) is 9.20. The Hall–Kier alpha value is -0.200. The first kappa shape index (κ1) is 12.9. The predicted molar refractivity (Wildman–Crippen MR) is 53.8 cm³/mol. The van der Waals surface area contributed by atoms with E-state index in [0.717, 1.165) is 0 Å². The lowest BCUT2D eigenvalue weighted by Crippen LogP contribution is -2.45. The van der Waals surface area contributed by atoms with E-state index in [0.29, 0.717) is 6.61 Å². The van der Waals surface area contributed by atoms with E-state index in [1.165, 1.54) is 0 Å². The molecule has 0 bridgehead atoms. The highest BCUT2D eigenvalue weighted by Crippen LogP contribution is 2.26. The van der Waals surface area contributed by atoms with Gasteiger partial charge in [0.15, 0.2) is 0 Å². The number of halogens is 1. The molecule has 90 valence electrons. The van der Waals surface area contributed by atoms with Crippen LogP contribution in [0.4, 0.5) is 3.89 Å². The van der Waals surface area contributed by atoms with Crippen LogP contribution in [0.1, 0.15) is 20.8 Å². The van der Waals surface area contributed by atoms with E-state index < -0.39 is 22.1 Å². The van der Waals surface area contributed by atoms with Gasteiger partial charge in [-0.25, -0.2) is 0 Å². The molecule has 1 aliphatic heterocycles. The minimum atomic E-state index is -4.50. The fourth-order valence-corrected chi connectivity index (χ4v) is 2.00. The van der Waals surface area contributed by atoms with Crippen molar-refractivity contribution < 1.29 is 21.8 Å². The normalized spacial score (nSPS) is 29.1. The fraction of sp³-hybridized carbons (Fsp3) is 1.00. The summed E-state index contributed by atoms with van der Waals surface area (Å²) in [6.45, 7) is 6.45. The highest BCUT2D eigenvalue weighted by atomic mass is 32.3. The molecule has 0 aromatic carbocycles. The molecule has 6 heteroatoms. The maximum atomic E-state index is 12.4. The van der Waals surface area contributed by atoms with Crippen LogP contribution in [0.25, 0.3) is 0 Å². The van der Waals surface area contributed by atoms with Crippen LogP contribution in [0.5, 0.6) is 0 Å². The Balaban J connectivity index is 2.57. The quantitative estimate of drug-likeness (QED) is 0.679. The fourth-order valence-electron chi connectivity index (χ4n) is 1.38. The first-order chi connectivity index (χ1) is 6.68. The summed E-state index contributed by atoms with van der Waals surface area (Å²) in [6.07, 6.45) is -0.893. The van der Waals surface area contributed by atoms with Crippen molar-refractivity contribution in [1.29, 1.82) is 0 Å². The van der Waals surface area contributed by atoms with E-state index in [4.69, 9.17) is 9.47 Å². The van der Waals surface area contributed by atoms with Gasteiger partial charge in [-0.3, -0.25) is 0 Å². The molecule has 0 N–H and O–H groups in total. The third-order valence-electron chi connectivity index (χ3n) is 2.28. The lowest BCUT2D eigenvalue weighted by atomic mass is 9.89. The van der Waals surface area contributed by atoms with E-state index in [9.17, 15) is 12.3 Å². The van der Waals surface area contributed by atoms with Gasteiger partial charge < -0.3 is 9.47 Å². The standard InChI is InChI=1S/C9H17FO4S/c1-9(2,3)8-5-13-4-7(14-8)6-15(10,11)12/h7-8H,4-6H2,1-3H3. The molecule has 0 saturated carbocycles. The van der Waals surface area contributed by atoms with E-state index in [1.807, 2.05) is 20.8 Å². The zero-order valence-corrected chi connectivity index (χ0v) is 10.0. The first-order valence-electron chi connectivity index (χ1n) is 4.84. The summed E-state index contributed by atoms with van der Waals surface area (Å²) in [4.78, 5) is 0. The van der Waals surface area contributed by atoms with Gasteiger partial charge in [0.2, 0.25) is 0 Å².